The molecule has 184 valence electrons. The Morgan fingerprint density at radius 2 is 1.77 bits per heavy atom. The molecule has 2 heterocycles. The fourth-order valence-corrected chi connectivity index (χ4v) is 4.08. The molecule has 10 heteroatoms. The zero-order valence-corrected chi connectivity index (χ0v) is 21.1. The van der Waals surface area contributed by atoms with Crippen LogP contribution >= 0.6 is 11.6 Å². The van der Waals surface area contributed by atoms with Crippen molar-refractivity contribution in [1.29, 1.82) is 0 Å². The number of methoxy groups -OCH3 is 2. The molecular formula is C25H29ClN6O3. The Morgan fingerprint density at radius 3 is 2.43 bits per heavy atom. The van der Waals surface area contributed by atoms with Crippen molar-refractivity contribution in [3.05, 3.63) is 63.9 Å². The summed E-state index contributed by atoms with van der Waals surface area (Å²) in [4.78, 5) is 29.2. The molecule has 0 fully saturated rings. The Labute approximate surface area is 210 Å². The number of ether oxygens (including phenoxy) is 2. The van der Waals surface area contributed by atoms with Gasteiger partial charge in [0.05, 0.1) is 14.2 Å². The van der Waals surface area contributed by atoms with Crippen LogP contribution in [0.3, 0.4) is 0 Å². The van der Waals surface area contributed by atoms with Crippen molar-refractivity contribution in [3.8, 4) is 11.5 Å². The molecular weight excluding hydrogens is 468 g/mol. The minimum Gasteiger partial charge on any atom is -0.493 e. The Kier molecular flexibility index (Phi) is 7.55. The minimum atomic E-state index is 0.0000638. The molecule has 1 amide bonds. The molecule has 0 atom stereocenters. The Morgan fingerprint density at radius 1 is 1.09 bits per heavy atom. The van der Waals surface area contributed by atoms with Crippen LogP contribution in [0, 0.1) is 0 Å². The molecule has 35 heavy (non-hydrogen) atoms. The number of aromatic nitrogens is 3. The van der Waals surface area contributed by atoms with Gasteiger partial charge >= 0.3 is 0 Å². The standard InChI is InChI=1S/C25H29ClN6O3/c1-5-31(2)22(33)17-8-6-16(7-9-17)14-27-24-28-23(26)29-25(30-24)32-11-10-18-12-20(34-3)21(35-4)13-19(18)15-32/h6-9,12-13H,5,10-11,14-15H2,1-4H3,(H,27,28,29,30). The lowest BCUT2D eigenvalue weighted by Crippen LogP contribution is -2.32. The van der Waals surface area contributed by atoms with Gasteiger partial charge in [-0.3, -0.25) is 4.79 Å². The maximum atomic E-state index is 12.3. The molecule has 0 saturated heterocycles. The number of fused-ring (bicyclic) bond motifs is 1. The number of amides is 1. The van der Waals surface area contributed by atoms with Crippen LogP contribution in [0.15, 0.2) is 36.4 Å². The van der Waals surface area contributed by atoms with E-state index in [1.54, 1.807) is 26.2 Å². The highest BCUT2D eigenvalue weighted by atomic mass is 35.5. The van der Waals surface area contributed by atoms with Crippen molar-refractivity contribution in [3.63, 3.8) is 0 Å². The van der Waals surface area contributed by atoms with Crippen LogP contribution in [0.2, 0.25) is 5.28 Å². The van der Waals surface area contributed by atoms with Gasteiger partial charge < -0.3 is 24.6 Å². The van der Waals surface area contributed by atoms with Crippen molar-refractivity contribution in [1.82, 2.24) is 19.9 Å². The van der Waals surface area contributed by atoms with Gasteiger partial charge in [0.15, 0.2) is 11.5 Å². The van der Waals surface area contributed by atoms with Gasteiger partial charge in [0, 0.05) is 38.8 Å². The SMILES string of the molecule is CCN(C)C(=O)c1ccc(CNc2nc(Cl)nc(N3CCc4cc(OC)c(OC)cc4C3)n2)cc1. The van der Waals surface area contributed by atoms with E-state index in [-0.39, 0.29) is 11.2 Å². The summed E-state index contributed by atoms with van der Waals surface area (Å²) >= 11 is 6.23. The predicted molar refractivity (Wildman–Crippen MR) is 136 cm³/mol. The largest absolute Gasteiger partial charge is 0.493 e. The number of halogens is 1. The highest BCUT2D eigenvalue weighted by Gasteiger charge is 2.22. The summed E-state index contributed by atoms with van der Waals surface area (Å²) in [6.07, 6.45) is 0.819. The van der Waals surface area contributed by atoms with E-state index >= 15 is 0 Å². The van der Waals surface area contributed by atoms with Gasteiger partial charge in [-0.2, -0.15) is 15.0 Å². The van der Waals surface area contributed by atoms with E-state index in [0.717, 1.165) is 29.8 Å². The van der Waals surface area contributed by atoms with E-state index < -0.39 is 0 Å². The Hall–Kier alpha value is -3.59. The first-order valence-electron chi connectivity index (χ1n) is 11.4. The van der Waals surface area contributed by atoms with Gasteiger partial charge in [-0.25, -0.2) is 0 Å². The second-order valence-electron chi connectivity index (χ2n) is 8.25. The number of nitrogens with one attached hydrogen (secondary N) is 1. The van der Waals surface area contributed by atoms with Gasteiger partial charge in [0.2, 0.25) is 17.2 Å². The summed E-state index contributed by atoms with van der Waals surface area (Å²) in [5.74, 6) is 2.32. The van der Waals surface area contributed by atoms with Crippen LogP contribution in [-0.2, 0) is 19.5 Å². The zero-order chi connectivity index (χ0) is 24.9. The van der Waals surface area contributed by atoms with Gasteiger partial charge in [0.25, 0.3) is 5.91 Å². The van der Waals surface area contributed by atoms with E-state index in [9.17, 15) is 4.79 Å². The van der Waals surface area contributed by atoms with Crippen molar-refractivity contribution in [2.75, 3.05) is 44.6 Å². The summed E-state index contributed by atoms with van der Waals surface area (Å²) in [7, 11) is 5.05. The molecule has 9 nitrogen and oxygen atoms in total. The summed E-state index contributed by atoms with van der Waals surface area (Å²) in [5, 5.41) is 3.34. The van der Waals surface area contributed by atoms with E-state index in [1.165, 1.54) is 5.56 Å². The number of carbonyl (C=O) groups excluding carboxylic acids is 1. The molecule has 0 bridgehead atoms. The van der Waals surface area contributed by atoms with Crippen molar-refractivity contribution in [2.24, 2.45) is 0 Å². The van der Waals surface area contributed by atoms with Crippen LogP contribution in [0.1, 0.15) is 34.0 Å². The molecule has 3 aromatic rings. The van der Waals surface area contributed by atoms with E-state index in [4.69, 9.17) is 21.1 Å². The monoisotopic (exact) mass is 496 g/mol. The van der Waals surface area contributed by atoms with Crippen molar-refractivity contribution < 1.29 is 14.3 Å². The van der Waals surface area contributed by atoms with Gasteiger partial charge in [-0.1, -0.05) is 12.1 Å². The number of anilines is 2. The molecule has 1 aromatic heterocycles. The predicted octanol–water partition coefficient (Wildman–Crippen LogP) is 3.81. The summed E-state index contributed by atoms with van der Waals surface area (Å²) in [5.41, 5.74) is 3.99. The van der Waals surface area contributed by atoms with Crippen LogP contribution in [0.25, 0.3) is 0 Å². The smallest absolute Gasteiger partial charge is 0.253 e. The first-order valence-corrected chi connectivity index (χ1v) is 11.8. The molecule has 0 aliphatic carbocycles. The Balaban J connectivity index is 1.45. The Bertz CT molecular complexity index is 1200. The quantitative estimate of drug-likeness (QED) is 0.503. The van der Waals surface area contributed by atoms with Gasteiger partial charge in [-0.15, -0.1) is 0 Å². The topological polar surface area (TPSA) is 92.7 Å². The lowest BCUT2D eigenvalue weighted by atomic mass is 9.99. The first-order chi connectivity index (χ1) is 16.9. The number of hydrogen-bond donors (Lipinski definition) is 1. The lowest BCUT2D eigenvalue weighted by Gasteiger charge is -2.29. The fourth-order valence-electron chi connectivity index (χ4n) is 3.92. The van der Waals surface area contributed by atoms with Crippen LogP contribution in [-0.4, -0.2) is 60.1 Å². The third kappa shape index (κ3) is 5.57. The maximum Gasteiger partial charge on any atom is 0.253 e. The van der Waals surface area contributed by atoms with Gasteiger partial charge in [0.1, 0.15) is 0 Å². The maximum absolute atomic E-state index is 12.3. The second-order valence-corrected chi connectivity index (χ2v) is 8.58. The number of benzene rings is 2. The third-order valence-corrected chi connectivity index (χ3v) is 6.24. The average Bonchev–Trinajstić information content (AvgIpc) is 2.89. The zero-order valence-electron chi connectivity index (χ0n) is 20.3. The van der Waals surface area contributed by atoms with Crippen molar-refractivity contribution in [2.45, 2.75) is 26.4 Å². The normalized spacial score (nSPS) is 12.7. The number of rotatable bonds is 8. The average molecular weight is 497 g/mol. The van der Waals surface area contributed by atoms with Crippen LogP contribution in [0.5, 0.6) is 11.5 Å². The highest BCUT2D eigenvalue weighted by Crippen LogP contribution is 2.34. The number of carbonyl (C=O) groups is 1. The lowest BCUT2D eigenvalue weighted by molar-refractivity contribution is 0.0802. The summed E-state index contributed by atoms with van der Waals surface area (Å²) in [6, 6.07) is 11.5. The molecule has 4 rings (SSSR count). The van der Waals surface area contributed by atoms with Gasteiger partial charge in [-0.05, 0) is 65.9 Å². The molecule has 1 aliphatic rings. The third-order valence-electron chi connectivity index (χ3n) is 6.07. The second kappa shape index (κ2) is 10.8. The molecule has 0 saturated carbocycles. The fraction of sp³-hybridized carbons (Fsp3) is 0.360. The molecule has 0 spiro atoms. The van der Waals surface area contributed by atoms with Crippen LogP contribution in [0.4, 0.5) is 11.9 Å². The summed E-state index contributed by atoms with van der Waals surface area (Å²) < 4.78 is 10.9. The molecule has 1 N–H and O–H groups in total. The molecule has 0 radical (unpaired) electrons. The summed E-state index contributed by atoms with van der Waals surface area (Å²) in [6.45, 7) is 4.45. The highest BCUT2D eigenvalue weighted by molar-refractivity contribution is 6.28. The first kappa shape index (κ1) is 24.5. The molecule has 0 unspecified atom stereocenters. The molecule has 1 aliphatic heterocycles. The van der Waals surface area contributed by atoms with E-state index in [2.05, 4.69) is 25.2 Å². The molecule has 2 aromatic carbocycles. The minimum absolute atomic E-state index is 0.0000638. The number of nitrogens with zero attached hydrogens (tertiary/aromatic N) is 5. The van der Waals surface area contributed by atoms with Crippen LogP contribution < -0.4 is 19.7 Å². The van der Waals surface area contributed by atoms with Crippen molar-refractivity contribution >= 4 is 29.4 Å². The number of hydrogen-bond acceptors (Lipinski definition) is 8. The van der Waals surface area contributed by atoms with E-state index in [1.807, 2.05) is 43.3 Å². The van der Waals surface area contributed by atoms with E-state index in [0.29, 0.717) is 42.8 Å².